The van der Waals surface area contributed by atoms with Crippen LogP contribution < -0.4 is 4.72 Å². The van der Waals surface area contributed by atoms with E-state index < -0.39 is 10.0 Å². The van der Waals surface area contributed by atoms with Crippen molar-refractivity contribution in [3.05, 3.63) is 35.5 Å². The quantitative estimate of drug-likeness (QED) is 0.880. The van der Waals surface area contributed by atoms with E-state index in [-0.39, 0.29) is 23.5 Å². The Kier molecular flexibility index (Phi) is 3.65. The van der Waals surface area contributed by atoms with E-state index in [0.717, 1.165) is 12.8 Å². The summed E-state index contributed by atoms with van der Waals surface area (Å²) in [6.45, 7) is 0.245. The van der Waals surface area contributed by atoms with E-state index in [1.54, 1.807) is 18.3 Å². The van der Waals surface area contributed by atoms with E-state index in [1.165, 1.54) is 12.1 Å². The number of sulfonamides is 1. The predicted molar refractivity (Wildman–Crippen MR) is 80.7 cm³/mol. The fourth-order valence-electron chi connectivity index (χ4n) is 2.24. The van der Waals surface area contributed by atoms with Crippen molar-refractivity contribution in [1.82, 2.24) is 9.71 Å². The predicted octanol–water partition coefficient (Wildman–Crippen LogP) is 1.94. The molecule has 1 fully saturated rings. The van der Waals surface area contributed by atoms with Gasteiger partial charge in [-0.05, 0) is 37.1 Å². The summed E-state index contributed by atoms with van der Waals surface area (Å²) >= 11 is 6.05. The topological polar surface area (TPSA) is 79.3 Å². The zero-order valence-electron chi connectivity index (χ0n) is 11.2. The molecule has 1 aromatic heterocycles. The number of aromatic nitrogens is 1. The molecule has 2 N–H and O–H groups in total. The molecule has 0 radical (unpaired) electrons. The molecular weight excluding hydrogens is 312 g/mol. The number of nitrogens with zero attached hydrogens (tertiary/aromatic N) is 1. The fraction of sp³-hybridized carbons (Fsp3) is 0.357. The van der Waals surface area contributed by atoms with Crippen LogP contribution in [0.5, 0.6) is 0 Å². The Bertz CT molecular complexity index is 788. The Hall–Kier alpha value is -1.21. The van der Waals surface area contributed by atoms with Crippen LogP contribution in [0, 0.1) is 5.41 Å². The molecule has 1 aliphatic carbocycles. The second-order valence-electron chi connectivity index (χ2n) is 5.43. The SMILES string of the molecule is O=S(=O)(NCC1(CO)CC1)c1ccc(Cl)c2ncccc12. The Morgan fingerprint density at radius 2 is 2.10 bits per heavy atom. The van der Waals surface area contributed by atoms with Gasteiger partial charge in [0.15, 0.2) is 0 Å². The highest BCUT2D eigenvalue weighted by Gasteiger charge is 2.42. The van der Waals surface area contributed by atoms with E-state index >= 15 is 0 Å². The number of pyridine rings is 1. The summed E-state index contributed by atoms with van der Waals surface area (Å²) in [4.78, 5) is 4.28. The maximum atomic E-state index is 12.5. The van der Waals surface area contributed by atoms with E-state index in [9.17, 15) is 13.5 Å². The van der Waals surface area contributed by atoms with E-state index in [2.05, 4.69) is 9.71 Å². The maximum absolute atomic E-state index is 12.5. The van der Waals surface area contributed by atoms with Crippen molar-refractivity contribution < 1.29 is 13.5 Å². The third-order valence-corrected chi connectivity index (χ3v) is 5.66. The number of halogens is 1. The Balaban J connectivity index is 1.97. The Morgan fingerprint density at radius 3 is 2.76 bits per heavy atom. The first-order valence-electron chi connectivity index (χ1n) is 6.61. The molecule has 1 aliphatic rings. The summed E-state index contributed by atoms with van der Waals surface area (Å²) in [7, 11) is -3.67. The third-order valence-electron chi connectivity index (χ3n) is 3.90. The van der Waals surface area contributed by atoms with Crippen LogP contribution in [0.1, 0.15) is 12.8 Å². The van der Waals surface area contributed by atoms with E-state index in [0.29, 0.717) is 15.9 Å². The second kappa shape index (κ2) is 5.21. The molecule has 2 aromatic rings. The Morgan fingerprint density at radius 1 is 1.33 bits per heavy atom. The number of fused-ring (bicyclic) bond motifs is 1. The number of aliphatic hydroxyl groups is 1. The highest BCUT2D eigenvalue weighted by atomic mass is 35.5. The van der Waals surface area contributed by atoms with Crippen LogP contribution in [0.25, 0.3) is 10.9 Å². The lowest BCUT2D eigenvalue weighted by atomic mass is 10.1. The van der Waals surface area contributed by atoms with E-state index in [4.69, 9.17) is 11.6 Å². The number of rotatable bonds is 5. The van der Waals surface area contributed by atoms with Crippen molar-refractivity contribution in [3.63, 3.8) is 0 Å². The largest absolute Gasteiger partial charge is 0.396 e. The van der Waals surface area contributed by atoms with Crippen molar-refractivity contribution in [1.29, 1.82) is 0 Å². The van der Waals surface area contributed by atoms with Gasteiger partial charge >= 0.3 is 0 Å². The van der Waals surface area contributed by atoms with Gasteiger partial charge in [0, 0.05) is 30.1 Å². The van der Waals surface area contributed by atoms with Gasteiger partial charge in [0.05, 0.1) is 15.4 Å². The monoisotopic (exact) mass is 326 g/mol. The molecule has 0 saturated heterocycles. The first-order chi connectivity index (χ1) is 9.97. The van der Waals surface area contributed by atoms with Gasteiger partial charge in [0.25, 0.3) is 0 Å². The number of aliphatic hydroxyl groups excluding tert-OH is 1. The van der Waals surface area contributed by atoms with Crippen molar-refractivity contribution in [2.24, 2.45) is 5.41 Å². The fourth-order valence-corrected chi connectivity index (χ4v) is 3.81. The van der Waals surface area contributed by atoms with Crippen LogP contribution in [0.15, 0.2) is 35.4 Å². The van der Waals surface area contributed by atoms with Gasteiger partial charge in [-0.25, -0.2) is 13.1 Å². The van der Waals surface area contributed by atoms with Crippen LogP contribution in [0.3, 0.4) is 0 Å². The molecule has 0 aliphatic heterocycles. The molecule has 7 heteroatoms. The second-order valence-corrected chi connectivity index (χ2v) is 7.57. The Labute approximate surface area is 128 Å². The summed E-state index contributed by atoms with van der Waals surface area (Å²) in [5.41, 5.74) is 0.179. The maximum Gasteiger partial charge on any atom is 0.241 e. The summed E-state index contributed by atoms with van der Waals surface area (Å²) in [5, 5.41) is 10.2. The summed E-state index contributed by atoms with van der Waals surface area (Å²) < 4.78 is 27.6. The van der Waals surface area contributed by atoms with Crippen molar-refractivity contribution in [2.45, 2.75) is 17.7 Å². The summed E-state index contributed by atoms with van der Waals surface area (Å²) in [6, 6.07) is 6.37. The highest BCUT2D eigenvalue weighted by Crippen LogP contribution is 2.44. The molecule has 0 atom stereocenters. The van der Waals surface area contributed by atoms with Gasteiger partial charge in [-0.3, -0.25) is 4.98 Å². The number of hydrogen-bond acceptors (Lipinski definition) is 4. The summed E-state index contributed by atoms with van der Waals surface area (Å²) in [5.74, 6) is 0. The minimum atomic E-state index is -3.67. The van der Waals surface area contributed by atoms with Crippen LogP contribution in [-0.2, 0) is 10.0 Å². The molecule has 3 rings (SSSR count). The molecular formula is C14H15ClN2O3S. The molecule has 0 spiro atoms. The zero-order chi connectivity index (χ0) is 15.1. The molecule has 1 aromatic carbocycles. The first-order valence-corrected chi connectivity index (χ1v) is 8.47. The standard InChI is InChI=1S/C14H15ClN2O3S/c15-11-3-4-12(10-2-1-7-16-13(10)11)21(19,20)17-8-14(9-18)5-6-14/h1-4,7,17-18H,5-6,8-9H2. The van der Waals surface area contributed by atoms with Gasteiger partial charge in [-0.2, -0.15) is 0 Å². The van der Waals surface area contributed by atoms with Gasteiger partial charge in [0.2, 0.25) is 10.0 Å². The van der Waals surface area contributed by atoms with E-state index in [1.807, 2.05) is 0 Å². The van der Waals surface area contributed by atoms with Crippen molar-refractivity contribution in [3.8, 4) is 0 Å². The number of benzene rings is 1. The molecule has 0 unspecified atom stereocenters. The zero-order valence-corrected chi connectivity index (χ0v) is 12.8. The van der Waals surface area contributed by atoms with Crippen molar-refractivity contribution in [2.75, 3.05) is 13.2 Å². The van der Waals surface area contributed by atoms with Gasteiger partial charge < -0.3 is 5.11 Å². The van der Waals surface area contributed by atoms with Crippen molar-refractivity contribution >= 4 is 32.5 Å². The summed E-state index contributed by atoms with van der Waals surface area (Å²) in [6.07, 6.45) is 3.26. The molecule has 21 heavy (non-hydrogen) atoms. The normalized spacial score (nSPS) is 17.0. The third kappa shape index (κ3) is 2.76. The molecule has 5 nitrogen and oxygen atoms in total. The van der Waals surface area contributed by atoms with Gasteiger partial charge in [-0.15, -0.1) is 0 Å². The number of nitrogens with one attached hydrogen (secondary N) is 1. The number of hydrogen-bond donors (Lipinski definition) is 2. The van der Waals surface area contributed by atoms with Crippen LogP contribution in [0.4, 0.5) is 0 Å². The molecule has 112 valence electrons. The van der Waals surface area contributed by atoms with Gasteiger partial charge in [-0.1, -0.05) is 11.6 Å². The van der Waals surface area contributed by atoms with Gasteiger partial charge in [0.1, 0.15) is 0 Å². The smallest absolute Gasteiger partial charge is 0.241 e. The molecule has 1 heterocycles. The average molecular weight is 327 g/mol. The average Bonchev–Trinajstić information content (AvgIpc) is 3.26. The minimum absolute atomic E-state index is 0.00155. The van der Waals surface area contributed by atoms with Crippen LogP contribution in [-0.4, -0.2) is 31.7 Å². The lowest BCUT2D eigenvalue weighted by Crippen LogP contribution is -2.32. The van der Waals surface area contributed by atoms with Crippen LogP contribution >= 0.6 is 11.6 Å². The first kappa shape index (κ1) is 14.7. The lowest BCUT2D eigenvalue weighted by Gasteiger charge is -2.14. The minimum Gasteiger partial charge on any atom is -0.396 e. The molecule has 0 bridgehead atoms. The highest BCUT2D eigenvalue weighted by molar-refractivity contribution is 7.89. The molecule has 1 saturated carbocycles. The van der Waals surface area contributed by atoms with Crippen LogP contribution in [0.2, 0.25) is 5.02 Å². The lowest BCUT2D eigenvalue weighted by molar-refractivity contribution is 0.213. The molecule has 0 amide bonds.